The van der Waals surface area contributed by atoms with Crippen molar-refractivity contribution in [3.05, 3.63) is 0 Å². The van der Waals surface area contributed by atoms with Crippen molar-refractivity contribution in [3.63, 3.8) is 0 Å². The van der Waals surface area contributed by atoms with Gasteiger partial charge >= 0.3 is 5.97 Å². The first kappa shape index (κ1) is 12.9. The molecule has 6 nitrogen and oxygen atoms in total. The van der Waals surface area contributed by atoms with E-state index in [0.717, 1.165) is 13.0 Å². The Hall–Kier alpha value is -1.14. The molecule has 0 rings (SSSR count). The number of carbonyl (C=O) groups excluding carboxylic acids is 1. The molecule has 0 saturated carbocycles. The third-order valence-electron chi connectivity index (χ3n) is 1.49. The van der Waals surface area contributed by atoms with E-state index in [-0.39, 0.29) is 19.0 Å². The summed E-state index contributed by atoms with van der Waals surface area (Å²) in [5, 5.41) is 22.2. The number of carbonyl (C=O) groups is 2. The molecule has 0 aromatic rings. The zero-order valence-corrected chi connectivity index (χ0v) is 8.12. The summed E-state index contributed by atoms with van der Waals surface area (Å²) in [5.74, 6) is -1.66. The first-order chi connectivity index (χ1) is 6.57. The fourth-order valence-corrected chi connectivity index (χ4v) is 0.739. The number of nitrogens with one attached hydrogen (secondary N) is 2. The standard InChI is InChI=1S/C8H16N2O4/c1-2-3-9-5-7(12)10-4-6(11)8(13)14/h6,9,11H,2-5H2,1H3,(H,10,12)(H,13,14). The zero-order valence-electron chi connectivity index (χ0n) is 8.12. The highest BCUT2D eigenvalue weighted by Gasteiger charge is 2.13. The third-order valence-corrected chi connectivity index (χ3v) is 1.49. The van der Waals surface area contributed by atoms with E-state index in [1.165, 1.54) is 0 Å². The van der Waals surface area contributed by atoms with E-state index in [1.807, 2.05) is 6.92 Å². The minimum Gasteiger partial charge on any atom is -0.479 e. The van der Waals surface area contributed by atoms with Crippen LogP contribution in [0.3, 0.4) is 0 Å². The third kappa shape index (κ3) is 6.38. The van der Waals surface area contributed by atoms with Gasteiger partial charge in [-0.2, -0.15) is 0 Å². The zero-order chi connectivity index (χ0) is 11.0. The quantitative estimate of drug-likeness (QED) is 0.380. The minimum atomic E-state index is -1.54. The van der Waals surface area contributed by atoms with Crippen molar-refractivity contribution in [3.8, 4) is 0 Å². The molecular weight excluding hydrogens is 188 g/mol. The first-order valence-electron chi connectivity index (χ1n) is 4.46. The predicted octanol–water partition coefficient (Wildman–Crippen LogP) is -1.45. The Morgan fingerprint density at radius 3 is 2.57 bits per heavy atom. The molecule has 0 radical (unpaired) electrons. The Kier molecular flexibility index (Phi) is 6.69. The van der Waals surface area contributed by atoms with Gasteiger partial charge in [0, 0.05) is 0 Å². The number of amides is 1. The van der Waals surface area contributed by atoms with Crippen LogP contribution in [-0.4, -0.2) is 47.8 Å². The maximum Gasteiger partial charge on any atom is 0.334 e. The van der Waals surface area contributed by atoms with E-state index in [2.05, 4.69) is 10.6 Å². The van der Waals surface area contributed by atoms with Crippen molar-refractivity contribution >= 4 is 11.9 Å². The topological polar surface area (TPSA) is 98.7 Å². The molecule has 0 aliphatic carbocycles. The van der Waals surface area contributed by atoms with Crippen LogP contribution in [0.15, 0.2) is 0 Å². The van der Waals surface area contributed by atoms with Crippen LogP contribution >= 0.6 is 0 Å². The van der Waals surface area contributed by atoms with Crippen molar-refractivity contribution in [1.29, 1.82) is 0 Å². The summed E-state index contributed by atoms with van der Waals surface area (Å²) in [4.78, 5) is 21.1. The van der Waals surface area contributed by atoms with Crippen molar-refractivity contribution in [1.82, 2.24) is 10.6 Å². The lowest BCUT2D eigenvalue weighted by atomic mass is 10.3. The molecular formula is C8H16N2O4. The first-order valence-corrected chi connectivity index (χ1v) is 4.46. The SMILES string of the molecule is CCCNCC(=O)NCC(O)C(=O)O. The molecule has 0 aromatic carbocycles. The van der Waals surface area contributed by atoms with E-state index >= 15 is 0 Å². The molecule has 14 heavy (non-hydrogen) atoms. The van der Waals surface area contributed by atoms with Crippen LogP contribution in [0.2, 0.25) is 0 Å². The second kappa shape index (κ2) is 7.28. The van der Waals surface area contributed by atoms with Gasteiger partial charge in [-0.05, 0) is 13.0 Å². The predicted molar refractivity (Wildman–Crippen MR) is 49.8 cm³/mol. The molecule has 4 N–H and O–H groups in total. The summed E-state index contributed by atoms with van der Waals surface area (Å²) in [5.41, 5.74) is 0. The molecule has 0 aliphatic heterocycles. The van der Waals surface area contributed by atoms with Gasteiger partial charge in [0.1, 0.15) is 0 Å². The van der Waals surface area contributed by atoms with Crippen molar-refractivity contribution in [2.45, 2.75) is 19.4 Å². The Morgan fingerprint density at radius 1 is 1.43 bits per heavy atom. The van der Waals surface area contributed by atoms with E-state index < -0.39 is 12.1 Å². The summed E-state index contributed by atoms with van der Waals surface area (Å²) in [6.45, 7) is 2.58. The summed E-state index contributed by atoms with van der Waals surface area (Å²) in [6.07, 6.45) is -0.615. The lowest BCUT2D eigenvalue weighted by Crippen LogP contribution is -2.40. The molecule has 0 bridgehead atoms. The van der Waals surface area contributed by atoms with E-state index in [9.17, 15) is 9.59 Å². The monoisotopic (exact) mass is 204 g/mol. The van der Waals surface area contributed by atoms with Crippen LogP contribution in [0.25, 0.3) is 0 Å². The molecule has 0 aliphatic rings. The molecule has 1 unspecified atom stereocenters. The molecule has 6 heteroatoms. The van der Waals surface area contributed by atoms with Crippen LogP contribution in [0.1, 0.15) is 13.3 Å². The number of carboxylic acids is 1. The van der Waals surface area contributed by atoms with Crippen LogP contribution in [-0.2, 0) is 9.59 Å². The van der Waals surface area contributed by atoms with Gasteiger partial charge in [-0.15, -0.1) is 0 Å². The molecule has 1 amide bonds. The number of rotatable bonds is 7. The van der Waals surface area contributed by atoms with Crippen molar-refractivity contribution < 1.29 is 19.8 Å². The maximum absolute atomic E-state index is 11.0. The van der Waals surface area contributed by atoms with E-state index in [1.54, 1.807) is 0 Å². The van der Waals surface area contributed by atoms with Gasteiger partial charge in [0.25, 0.3) is 0 Å². The highest BCUT2D eigenvalue weighted by molar-refractivity contribution is 5.79. The molecule has 0 aromatic heterocycles. The summed E-state index contributed by atoms with van der Waals surface area (Å²) >= 11 is 0. The van der Waals surface area contributed by atoms with Gasteiger partial charge < -0.3 is 20.8 Å². The Balaban J connectivity index is 3.48. The number of hydrogen-bond donors (Lipinski definition) is 4. The van der Waals surface area contributed by atoms with Crippen LogP contribution in [0.5, 0.6) is 0 Å². The normalized spacial score (nSPS) is 12.1. The second-order valence-electron chi connectivity index (χ2n) is 2.83. The molecule has 0 fully saturated rings. The molecule has 82 valence electrons. The molecule has 1 atom stereocenters. The van der Waals surface area contributed by atoms with Gasteiger partial charge in [-0.1, -0.05) is 6.92 Å². The second-order valence-corrected chi connectivity index (χ2v) is 2.83. The highest BCUT2D eigenvalue weighted by Crippen LogP contribution is 1.79. The number of hydrogen-bond acceptors (Lipinski definition) is 4. The highest BCUT2D eigenvalue weighted by atomic mass is 16.4. The Labute approximate surface area is 82.3 Å². The summed E-state index contributed by atoms with van der Waals surface area (Å²) in [6, 6.07) is 0. The van der Waals surface area contributed by atoms with E-state index in [0.29, 0.717) is 0 Å². The van der Waals surface area contributed by atoms with Gasteiger partial charge in [0.15, 0.2) is 6.10 Å². The van der Waals surface area contributed by atoms with E-state index in [4.69, 9.17) is 10.2 Å². The van der Waals surface area contributed by atoms with Crippen LogP contribution < -0.4 is 10.6 Å². The summed E-state index contributed by atoms with van der Waals surface area (Å²) < 4.78 is 0. The number of aliphatic hydroxyl groups is 1. The van der Waals surface area contributed by atoms with Crippen LogP contribution in [0.4, 0.5) is 0 Å². The maximum atomic E-state index is 11.0. The Bertz CT molecular complexity index is 196. The van der Waals surface area contributed by atoms with Crippen molar-refractivity contribution in [2.75, 3.05) is 19.6 Å². The fourth-order valence-electron chi connectivity index (χ4n) is 0.739. The van der Waals surface area contributed by atoms with Gasteiger partial charge in [0.05, 0.1) is 13.1 Å². The molecule has 0 spiro atoms. The lowest BCUT2D eigenvalue weighted by Gasteiger charge is -2.07. The number of carboxylic acid groups (broad SMARTS) is 1. The molecule has 0 saturated heterocycles. The van der Waals surface area contributed by atoms with Gasteiger partial charge in [-0.25, -0.2) is 4.79 Å². The smallest absolute Gasteiger partial charge is 0.334 e. The number of aliphatic hydroxyl groups excluding tert-OH is 1. The van der Waals surface area contributed by atoms with Gasteiger partial charge in [-0.3, -0.25) is 4.79 Å². The molecule has 0 heterocycles. The fraction of sp³-hybridized carbons (Fsp3) is 0.750. The van der Waals surface area contributed by atoms with Gasteiger partial charge in [0.2, 0.25) is 5.91 Å². The average molecular weight is 204 g/mol. The lowest BCUT2D eigenvalue weighted by molar-refractivity contribution is -0.146. The summed E-state index contributed by atoms with van der Waals surface area (Å²) in [7, 11) is 0. The van der Waals surface area contributed by atoms with Crippen LogP contribution in [0, 0.1) is 0 Å². The Morgan fingerprint density at radius 2 is 2.07 bits per heavy atom. The number of aliphatic carboxylic acids is 1. The van der Waals surface area contributed by atoms with Crippen molar-refractivity contribution in [2.24, 2.45) is 0 Å². The minimum absolute atomic E-state index is 0.139. The average Bonchev–Trinajstić information content (AvgIpc) is 2.14. The largest absolute Gasteiger partial charge is 0.479 e.